The highest BCUT2D eigenvalue weighted by molar-refractivity contribution is 7.18. The minimum atomic E-state index is -0.152. The van der Waals surface area contributed by atoms with Crippen molar-refractivity contribution >= 4 is 27.5 Å². The van der Waals surface area contributed by atoms with Crippen LogP contribution in [0.25, 0.3) is 10.2 Å². The molecule has 8 heteroatoms. The monoisotopic (exact) mass is 439 g/mol. The molecule has 0 saturated carbocycles. The molecule has 2 aliphatic heterocycles. The van der Waals surface area contributed by atoms with Crippen LogP contribution in [0.1, 0.15) is 42.7 Å². The molecule has 1 aromatic carbocycles. The summed E-state index contributed by atoms with van der Waals surface area (Å²) in [6, 6.07) is 7.81. The number of carbonyl (C=O) groups excluding carboxylic acids is 1. The highest BCUT2D eigenvalue weighted by Crippen LogP contribution is 2.38. The number of thiophene rings is 1. The van der Waals surface area contributed by atoms with E-state index in [9.17, 15) is 9.59 Å². The second-order valence-electron chi connectivity index (χ2n) is 7.96. The minimum Gasteiger partial charge on any atom is -0.490 e. The van der Waals surface area contributed by atoms with Gasteiger partial charge in [0.25, 0.3) is 5.56 Å². The number of hydrogen-bond acceptors (Lipinski definition) is 6. The summed E-state index contributed by atoms with van der Waals surface area (Å²) < 4.78 is 13.0. The summed E-state index contributed by atoms with van der Waals surface area (Å²) in [7, 11) is 0. The van der Waals surface area contributed by atoms with E-state index in [1.54, 1.807) is 0 Å². The van der Waals surface area contributed by atoms with Crippen molar-refractivity contribution in [2.24, 2.45) is 0 Å². The van der Waals surface area contributed by atoms with Crippen molar-refractivity contribution < 1.29 is 14.3 Å². The Hall–Kier alpha value is -2.87. The van der Waals surface area contributed by atoms with Crippen LogP contribution in [-0.2, 0) is 17.8 Å². The molecule has 2 aromatic heterocycles. The lowest BCUT2D eigenvalue weighted by molar-refractivity contribution is -0.132. The summed E-state index contributed by atoms with van der Waals surface area (Å²) in [5, 5.41) is 0.595. The molecule has 1 unspecified atom stereocenters. The summed E-state index contributed by atoms with van der Waals surface area (Å²) >= 11 is 1.53. The van der Waals surface area contributed by atoms with E-state index in [4.69, 9.17) is 9.47 Å². The number of aromatic nitrogens is 2. The van der Waals surface area contributed by atoms with Crippen molar-refractivity contribution in [2.75, 3.05) is 19.8 Å². The third-order valence-corrected chi connectivity index (χ3v) is 7.14. The molecule has 7 nitrogen and oxygen atoms in total. The SMILES string of the molecule is CCc1cc2c(=O)n(CC(=O)N3CCCC3c3ccc4c(c3)OCCCO4)cnc2s1. The van der Waals surface area contributed by atoms with Crippen LogP contribution in [0.4, 0.5) is 0 Å². The Balaban J connectivity index is 1.38. The van der Waals surface area contributed by atoms with Crippen LogP contribution in [-0.4, -0.2) is 40.1 Å². The third kappa shape index (κ3) is 3.80. The number of likely N-dealkylation sites (tertiary alicyclic amines) is 1. The molecule has 0 spiro atoms. The zero-order chi connectivity index (χ0) is 21.4. The molecule has 4 heterocycles. The van der Waals surface area contributed by atoms with Gasteiger partial charge in [0.2, 0.25) is 5.91 Å². The lowest BCUT2D eigenvalue weighted by Gasteiger charge is -2.26. The fraction of sp³-hybridized carbons (Fsp3) is 0.435. The third-order valence-electron chi connectivity index (χ3n) is 5.95. The van der Waals surface area contributed by atoms with E-state index < -0.39 is 0 Å². The standard InChI is InChI=1S/C23H25N3O4S/c1-2-16-12-17-22(31-16)24-14-25(23(17)28)13-21(27)26-8-3-5-18(26)15-6-7-19-20(11-15)30-10-4-9-29-19/h6-7,11-12,14,18H,2-5,8-10,13H2,1H3. The van der Waals surface area contributed by atoms with Gasteiger partial charge in [-0.3, -0.25) is 14.2 Å². The lowest BCUT2D eigenvalue weighted by Crippen LogP contribution is -2.36. The van der Waals surface area contributed by atoms with Gasteiger partial charge in [-0.1, -0.05) is 13.0 Å². The van der Waals surface area contributed by atoms with Crippen molar-refractivity contribution in [3.8, 4) is 11.5 Å². The lowest BCUT2D eigenvalue weighted by atomic mass is 10.0. The van der Waals surface area contributed by atoms with Crippen LogP contribution in [0.5, 0.6) is 11.5 Å². The Labute approximate surface area is 184 Å². The number of rotatable bonds is 4. The number of benzene rings is 1. The van der Waals surface area contributed by atoms with Gasteiger partial charge in [0.15, 0.2) is 11.5 Å². The Morgan fingerprint density at radius 1 is 1.19 bits per heavy atom. The Morgan fingerprint density at radius 2 is 2.03 bits per heavy atom. The maximum Gasteiger partial charge on any atom is 0.262 e. The second kappa shape index (κ2) is 8.34. The predicted octanol–water partition coefficient (Wildman–Crippen LogP) is 3.55. The summed E-state index contributed by atoms with van der Waals surface area (Å²) in [5.74, 6) is 1.43. The first-order valence-electron chi connectivity index (χ1n) is 10.8. The molecule has 0 bridgehead atoms. The molecule has 1 atom stereocenters. The molecule has 0 aliphatic carbocycles. The summed E-state index contributed by atoms with van der Waals surface area (Å²) in [6.45, 7) is 4.02. The topological polar surface area (TPSA) is 73.7 Å². The average molecular weight is 440 g/mol. The smallest absolute Gasteiger partial charge is 0.262 e. The predicted molar refractivity (Wildman–Crippen MR) is 119 cm³/mol. The molecule has 0 radical (unpaired) electrons. The van der Waals surface area contributed by atoms with Gasteiger partial charge < -0.3 is 14.4 Å². The van der Waals surface area contributed by atoms with Gasteiger partial charge in [-0.25, -0.2) is 4.98 Å². The quantitative estimate of drug-likeness (QED) is 0.622. The molecule has 2 aliphatic rings. The molecule has 3 aromatic rings. The molecule has 31 heavy (non-hydrogen) atoms. The molecule has 1 fully saturated rings. The van der Waals surface area contributed by atoms with Crippen LogP contribution in [0.15, 0.2) is 35.4 Å². The highest BCUT2D eigenvalue weighted by atomic mass is 32.1. The highest BCUT2D eigenvalue weighted by Gasteiger charge is 2.31. The number of fused-ring (bicyclic) bond motifs is 2. The van der Waals surface area contributed by atoms with Crippen LogP contribution in [0.3, 0.4) is 0 Å². The van der Waals surface area contributed by atoms with Gasteiger partial charge in [0.1, 0.15) is 11.4 Å². The van der Waals surface area contributed by atoms with Gasteiger partial charge in [-0.15, -0.1) is 11.3 Å². The Morgan fingerprint density at radius 3 is 2.87 bits per heavy atom. The fourth-order valence-electron chi connectivity index (χ4n) is 4.33. The summed E-state index contributed by atoms with van der Waals surface area (Å²) in [5.41, 5.74) is 0.891. The van der Waals surface area contributed by atoms with E-state index in [0.717, 1.165) is 52.5 Å². The van der Waals surface area contributed by atoms with Crippen molar-refractivity contribution in [1.82, 2.24) is 14.5 Å². The molecule has 1 saturated heterocycles. The number of aryl methyl sites for hydroxylation is 1. The summed E-state index contributed by atoms with van der Waals surface area (Å²) in [4.78, 5) is 34.2. The van der Waals surface area contributed by atoms with E-state index in [0.29, 0.717) is 25.1 Å². The first-order chi connectivity index (χ1) is 15.1. The zero-order valence-corrected chi connectivity index (χ0v) is 18.3. The first kappa shape index (κ1) is 20.1. The van der Waals surface area contributed by atoms with E-state index in [1.807, 2.05) is 29.2 Å². The van der Waals surface area contributed by atoms with Gasteiger partial charge in [-0.05, 0) is 43.0 Å². The maximum absolute atomic E-state index is 13.2. The van der Waals surface area contributed by atoms with Crippen LogP contribution < -0.4 is 15.0 Å². The zero-order valence-electron chi connectivity index (χ0n) is 17.5. The van der Waals surface area contributed by atoms with Gasteiger partial charge in [0.05, 0.1) is 31.0 Å². The van der Waals surface area contributed by atoms with Crippen LogP contribution >= 0.6 is 11.3 Å². The molecule has 1 amide bonds. The average Bonchev–Trinajstić information content (AvgIpc) is 3.37. The van der Waals surface area contributed by atoms with Gasteiger partial charge >= 0.3 is 0 Å². The summed E-state index contributed by atoms with van der Waals surface area (Å²) in [6.07, 6.45) is 5.04. The van der Waals surface area contributed by atoms with Crippen molar-refractivity contribution in [2.45, 2.75) is 45.2 Å². The number of hydrogen-bond donors (Lipinski definition) is 0. The number of nitrogens with zero attached hydrogens (tertiary/aromatic N) is 3. The number of carbonyl (C=O) groups is 1. The molecular formula is C23H25N3O4S. The van der Waals surface area contributed by atoms with Crippen molar-refractivity contribution in [1.29, 1.82) is 0 Å². The Kier molecular flexibility index (Phi) is 5.40. The largest absolute Gasteiger partial charge is 0.490 e. The number of amides is 1. The van der Waals surface area contributed by atoms with E-state index in [1.165, 1.54) is 22.2 Å². The van der Waals surface area contributed by atoms with Crippen LogP contribution in [0, 0.1) is 0 Å². The van der Waals surface area contributed by atoms with Crippen molar-refractivity contribution in [3.05, 3.63) is 51.4 Å². The van der Waals surface area contributed by atoms with Crippen molar-refractivity contribution in [3.63, 3.8) is 0 Å². The fourth-order valence-corrected chi connectivity index (χ4v) is 5.26. The molecular weight excluding hydrogens is 414 g/mol. The number of ether oxygens (including phenoxy) is 2. The van der Waals surface area contributed by atoms with E-state index >= 15 is 0 Å². The maximum atomic E-state index is 13.2. The van der Waals surface area contributed by atoms with E-state index in [-0.39, 0.29) is 24.1 Å². The normalized spacial score (nSPS) is 18.4. The second-order valence-corrected chi connectivity index (χ2v) is 9.08. The van der Waals surface area contributed by atoms with E-state index in [2.05, 4.69) is 11.9 Å². The molecule has 162 valence electrons. The van der Waals surface area contributed by atoms with Gasteiger partial charge in [0, 0.05) is 17.8 Å². The van der Waals surface area contributed by atoms with Gasteiger partial charge in [-0.2, -0.15) is 0 Å². The molecule has 0 N–H and O–H groups in total. The Bertz CT molecular complexity index is 1190. The molecule has 5 rings (SSSR count). The first-order valence-corrected chi connectivity index (χ1v) is 11.6. The van der Waals surface area contributed by atoms with Crippen LogP contribution in [0.2, 0.25) is 0 Å². The minimum absolute atomic E-state index is 0.000129.